The summed E-state index contributed by atoms with van der Waals surface area (Å²) >= 11 is 0. The van der Waals surface area contributed by atoms with Crippen molar-refractivity contribution in [2.24, 2.45) is 0 Å². The topological polar surface area (TPSA) is 40.5 Å². The molecule has 0 heterocycles. The molecule has 0 atom stereocenters. The van der Waals surface area contributed by atoms with E-state index in [9.17, 15) is 10.2 Å². The molecule has 0 fully saturated rings. The second-order valence-corrected chi connectivity index (χ2v) is 5.21. The first-order valence-electron chi connectivity index (χ1n) is 7.67. The minimum Gasteiger partial charge on any atom is -0.352 e. The Morgan fingerprint density at radius 1 is 0.900 bits per heavy atom. The maximum atomic E-state index is 9.87. The highest BCUT2D eigenvalue weighted by atomic mass is 16.5. The molecule has 2 heteroatoms. The van der Waals surface area contributed by atoms with E-state index >= 15 is 0 Å². The molecule has 2 nitrogen and oxygen atoms in total. The van der Waals surface area contributed by atoms with Crippen LogP contribution in [0.4, 0.5) is 0 Å². The summed E-state index contributed by atoms with van der Waals surface area (Å²) in [6, 6.07) is 8.72. The van der Waals surface area contributed by atoms with Gasteiger partial charge in [0.2, 0.25) is 0 Å². The van der Waals surface area contributed by atoms with Gasteiger partial charge in [-0.1, -0.05) is 81.7 Å². The smallest absolute Gasteiger partial charge is 0.256 e. The molecule has 0 aliphatic heterocycles. The Balaban J connectivity index is 2.22. The van der Waals surface area contributed by atoms with Crippen molar-refractivity contribution < 1.29 is 10.2 Å². The Bertz CT molecular complexity index is 412. The lowest BCUT2D eigenvalue weighted by molar-refractivity contribution is -0.116. The Hall–Kier alpha value is -1.30. The molecule has 0 saturated heterocycles. The van der Waals surface area contributed by atoms with E-state index < -0.39 is 5.79 Å². The van der Waals surface area contributed by atoms with Gasteiger partial charge in [-0.05, 0) is 12.3 Å². The first-order chi connectivity index (χ1) is 9.67. The number of benzene rings is 1. The molecule has 0 unspecified atom stereocenters. The Labute approximate surface area is 122 Å². The molecule has 0 spiro atoms. The number of hydrogen-bond acceptors (Lipinski definition) is 2. The summed E-state index contributed by atoms with van der Waals surface area (Å²) < 4.78 is 0. The molecule has 1 aromatic rings. The van der Waals surface area contributed by atoms with E-state index in [2.05, 4.69) is 18.8 Å². The van der Waals surface area contributed by atoms with E-state index in [0.29, 0.717) is 5.56 Å². The fourth-order valence-corrected chi connectivity index (χ4v) is 2.10. The Morgan fingerprint density at radius 3 is 2.15 bits per heavy atom. The Kier molecular flexibility index (Phi) is 8.02. The lowest BCUT2D eigenvalue weighted by atomic mass is 10.1. The molecule has 0 aliphatic rings. The normalized spacial score (nSPS) is 10.9. The van der Waals surface area contributed by atoms with Gasteiger partial charge in [-0.3, -0.25) is 0 Å². The predicted octanol–water partition coefficient (Wildman–Crippen LogP) is 3.97. The van der Waals surface area contributed by atoms with E-state index in [4.69, 9.17) is 0 Å². The molecule has 0 saturated carbocycles. The van der Waals surface area contributed by atoms with Gasteiger partial charge < -0.3 is 10.2 Å². The fraction of sp³-hybridized carbons (Fsp3) is 0.556. The number of unbranched alkanes of at least 4 members (excludes halogenated alkanes) is 7. The number of aliphatic hydroxyl groups is 2. The van der Waals surface area contributed by atoms with Gasteiger partial charge in [-0.2, -0.15) is 0 Å². The number of rotatable bonds is 8. The van der Waals surface area contributed by atoms with Crippen LogP contribution in [-0.4, -0.2) is 10.2 Å². The zero-order valence-corrected chi connectivity index (χ0v) is 12.4. The van der Waals surface area contributed by atoms with Crippen LogP contribution in [0.5, 0.6) is 0 Å². The molecule has 0 amide bonds. The summed E-state index contributed by atoms with van der Waals surface area (Å²) in [4.78, 5) is 0. The molecule has 0 aromatic heterocycles. The van der Waals surface area contributed by atoms with Crippen LogP contribution in [0, 0.1) is 11.8 Å². The molecule has 0 aliphatic carbocycles. The van der Waals surface area contributed by atoms with Crippen LogP contribution in [0.1, 0.15) is 63.9 Å². The highest BCUT2D eigenvalue weighted by Gasteiger charge is 2.21. The molecule has 0 radical (unpaired) electrons. The van der Waals surface area contributed by atoms with Crippen LogP contribution in [0.3, 0.4) is 0 Å². The second kappa shape index (κ2) is 9.58. The first kappa shape index (κ1) is 16.8. The molecular weight excluding hydrogens is 248 g/mol. The van der Waals surface area contributed by atoms with Crippen molar-refractivity contribution in [2.45, 2.75) is 64.1 Å². The van der Waals surface area contributed by atoms with Gasteiger partial charge >= 0.3 is 0 Å². The fourth-order valence-electron chi connectivity index (χ4n) is 2.10. The third-order valence-corrected chi connectivity index (χ3v) is 3.34. The van der Waals surface area contributed by atoms with Gasteiger partial charge in [0.05, 0.1) is 0 Å². The number of hydrogen-bond donors (Lipinski definition) is 2. The zero-order chi connectivity index (χ0) is 14.7. The molecule has 1 aromatic carbocycles. The van der Waals surface area contributed by atoms with Gasteiger partial charge in [0.25, 0.3) is 5.79 Å². The van der Waals surface area contributed by atoms with Crippen molar-refractivity contribution >= 4 is 0 Å². The van der Waals surface area contributed by atoms with Gasteiger partial charge in [-0.25, -0.2) is 0 Å². The van der Waals surface area contributed by atoms with Crippen LogP contribution >= 0.6 is 0 Å². The summed E-state index contributed by atoms with van der Waals surface area (Å²) in [6.07, 6.45) is 9.42. The maximum Gasteiger partial charge on any atom is 0.256 e. The second-order valence-electron chi connectivity index (χ2n) is 5.21. The zero-order valence-electron chi connectivity index (χ0n) is 12.4. The first-order valence-corrected chi connectivity index (χ1v) is 7.67. The average molecular weight is 274 g/mol. The van der Waals surface area contributed by atoms with Crippen molar-refractivity contribution in [3.8, 4) is 11.8 Å². The van der Waals surface area contributed by atoms with Crippen LogP contribution < -0.4 is 0 Å². The average Bonchev–Trinajstić information content (AvgIpc) is 2.46. The van der Waals surface area contributed by atoms with Crippen molar-refractivity contribution in [3.05, 3.63) is 35.9 Å². The van der Waals surface area contributed by atoms with Gasteiger partial charge in [0.15, 0.2) is 0 Å². The lowest BCUT2D eigenvalue weighted by Crippen LogP contribution is -2.22. The minimum absolute atomic E-state index is 0.423. The third-order valence-electron chi connectivity index (χ3n) is 3.34. The quantitative estimate of drug-likeness (QED) is 0.428. The predicted molar refractivity (Wildman–Crippen MR) is 82.9 cm³/mol. The van der Waals surface area contributed by atoms with Crippen molar-refractivity contribution in [1.82, 2.24) is 0 Å². The van der Waals surface area contributed by atoms with Gasteiger partial charge in [0.1, 0.15) is 0 Å². The Morgan fingerprint density at radius 2 is 1.50 bits per heavy atom. The van der Waals surface area contributed by atoms with Crippen LogP contribution in [-0.2, 0) is 5.79 Å². The van der Waals surface area contributed by atoms with E-state index in [1.54, 1.807) is 24.3 Å². The van der Waals surface area contributed by atoms with Crippen molar-refractivity contribution in [2.75, 3.05) is 0 Å². The van der Waals surface area contributed by atoms with E-state index in [1.165, 1.54) is 38.5 Å². The summed E-state index contributed by atoms with van der Waals surface area (Å²) in [5.74, 6) is 3.40. The van der Waals surface area contributed by atoms with Crippen molar-refractivity contribution in [1.29, 1.82) is 0 Å². The molecule has 20 heavy (non-hydrogen) atoms. The molecule has 2 N–H and O–H groups in total. The van der Waals surface area contributed by atoms with Gasteiger partial charge in [-0.15, -0.1) is 0 Å². The van der Waals surface area contributed by atoms with E-state index in [-0.39, 0.29) is 0 Å². The van der Waals surface area contributed by atoms with E-state index in [1.807, 2.05) is 6.07 Å². The summed E-state index contributed by atoms with van der Waals surface area (Å²) in [5, 5.41) is 19.7. The lowest BCUT2D eigenvalue weighted by Gasteiger charge is -2.14. The molecule has 1 rings (SSSR count). The highest BCUT2D eigenvalue weighted by molar-refractivity contribution is 5.27. The minimum atomic E-state index is -2.03. The van der Waals surface area contributed by atoms with Crippen LogP contribution in [0.2, 0.25) is 0 Å². The molecule has 110 valence electrons. The highest BCUT2D eigenvalue weighted by Crippen LogP contribution is 2.16. The van der Waals surface area contributed by atoms with Crippen LogP contribution in [0.15, 0.2) is 30.3 Å². The van der Waals surface area contributed by atoms with Crippen LogP contribution in [0.25, 0.3) is 0 Å². The van der Waals surface area contributed by atoms with Gasteiger partial charge in [0, 0.05) is 12.0 Å². The van der Waals surface area contributed by atoms with Crippen molar-refractivity contribution in [3.63, 3.8) is 0 Å². The largest absolute Gasteiger partial charge is 0.352 e. The third kappa shape index (κ3) is 6.75. The monoisotopic (exact) mass is 274 g/mol. The SMILES string of the molecule is CCCCCCCCCC#CC(O)(O)c1ccccc1. The molecular formula is C18H26O2. The summed E-state index contributed by atoms with van der Waals surface area (Å²) in [6.45, 7) is 2.22. The molecule has 0 bridgehead atoms. The summed E-state index contributed by atoms with van der Waals surface area (Å²) in [5.41, 5.74) is 0.423. The summed E-state index contributed by atoms with van der Waals surface area (Å²) in [7, 11) is 0. The maximum absolute atomic E-state index is 9.87. The van der Waals surface area contributed by atoms with E-state index in [0.717, 1.165) is 12.8 Å². The standard InChI is InChI=1S/C18H26O2/c1-2-3-4-5-6-7-8-9-13-16-18(19,20)17-14-11-10-12-15-17/h10-12,14-15,19-20H,2-9H2,1H3.